The molecule has 1 aliphatic rings. The topological polar surface area (TPSA) is 71.0 Å². The summed E-state index contributed by atoms with van der Waals surface area (Å²) in [5, 5.41) is 3.26. The molecule has 0 spiro atoms. The summed E-state index contributed by atoms with van der Waals surface area (Å²) >= 11 is 0. The molecule has 1 aromatic rings. The lowest BCUT2D eigenvalue weighted by atomic mass is 10.1. The van der Waals surface area contributed by atoms with Crippen LogP contribution in [0.2, 0.25) is 0 Å². The van der Waals surface area contributed by atoms with E-state index in [4.69, 9.17) is 4.74 Å². The molecular weight excluding hydrogens is 338 g/mol. The Bertz CT molecular complexity index is 639. The van der Waals surface area contributed by atoms with Crippen LogP contribution in [-0.4, -0.2) is 63.1 Å². The summed E-state index contributed by atoms with van der Waals surface area (Å²) in [6.45, 7) is 6.46. The Morgan fingerprint density at radius 2 is 1.92 bits per heavy atom. The van der Waals surface area contributed by atoms with Crippen LogP contribution in [0.1, 0.15) is 26.7 Å². The first-order chi connectivity index (χ1) is 12.0. The smallest absolute Gasteiger partial charge is 0.193 e. The summed E-state index contributed by atoms with van der Waals surface area (Å²) in [4.78, 5) is 6.68. The molecule has 1 saturated heterocycles. The van der Waals surface area contributed by atoms with Gasteiger partial charge in [0, 0.05) is 38.2 Å². The average Bonchev–Trinajstić information content (AvgIpc) is 2.62. The molecular formula is C18H29N3O3S. The number of benzene rings is 1. The van der Waals surface area contributed by atoms with Crippen LogP contribution >= 0.6 is 0 Å². The van der Waals surface area contributed by atoms with Crippen LogP contribution in [0.3, 0.4) is 0 Å². The van der Waals surface area contributed by atoms with Gasteiger partial charge in [-0.1, -0.05) is 25.1 Å². The minimum atomic E-state index is -2.98. The first-order valence-electron chi connectivity index (χ1n) is 8.99. The molecule has 0 amide bonds. The van der Waals surface area contributed by atoms with Gasteiger partial charge in [0.25, 0.3) is 0 Å². The Labute approximate surface area is 151 Å². The molecule has 0 bridgehead atoms. The highest BCUT2D eigenvalue weighted by Gasteiger charge is 2.22. The van der Waals surface area contributed by atoms with Crippen molar-refractivity contribution in [2.75, 3.05) is 37.7 Å². The maximum atomic E-state index is 11.6. The summed E-state index contributed by atoms with van der Waals surface area (Å²) in [7, 11) is -2.98. The van der Waals surface area contributed by atoms with Gasteiger partial charge in [-0.2, -0.15) is 0 Å². The number of sulfone groups is 1. The minimum Gasteiger partial charge on any atom is -0.490 e. The molecule has 1 aliphatic heterocycles. The fraction of sp³-hybridized carbons (Fsp3) is 0.611. The van der Waals surface area contributed by atoms with Gasteiger partial charge in [-0.15, -0.1) is 0 Å². The zero-order valence-corrected chi connectivity index (χ0v) is 16.0. The summed E-state index contributed by atoms with van der Waals surface area (Å²) in [5.41, 5.74) is 0. The van der Waals surface area contributed by atoms with E-state index in [-0.39, 0.29) is 17.6 Å². The number of nitrogens with one attached hydrogen (secondary N) is 1. The van der Waals surface area contributed by atoms with Crippen LogP contribution in [0, 0.1) is 0 Å². The molecule has 6 nitrogen and oxygen atoms in total. The molecule has 0 aliphatic carbocycles. The Balaban J connectivity index is 1.86. The maximum absolute atomic E-state index is 11.6. The second-order valence-electron chi connectivity index (χ2n) is 6.09. The van der Waals surface area contributed by atoms with Gasteiger partial charge in [0.05, 0.1) is 12.3 Å². The Kier molecular flexibility index (Phi) is 7.55. The van der Waals surface area contributed by atoms with E-state index in [0.29, 0.717) is 6.54 Å². The van der Waals surface area contributed by atoms with Crippen LogP contribution in [0.25, 0.3) is 0 Å². The number of guanidine groups is 1. The van der Waals surface area contributed by atoms with Gasteiger partial charge in [-0.25, -0.2) is 8.42 Å². The molecule has 0 saturated carbocycles. The van der Waals surface area contributed by atoms with Crippen molar-refractivity contribution in [1.82, 2.24) is 10.2 Å². The zero-order valence-electron chi connectivity index (χ0n) is 15.1. The summed E-state index contributed by atoms with van der Waals surface area (Å²) in [6.07, 6.45) is 2.06. The highest BCUT2D eigenvalue weighted by atomic mass is 32.2. The van der Waals surface area contributed by atoms with Gasteiger partial charge in [-0.05, 0) is 19.1 Å². The van der Waals surface area contributed by atoms with Crippen LogP contribution in [0.15, 0.2) is 35.3 Å². The number of ether oxygens (including phenoxy) is 1. The molecule has 1 aromatic carbocycles. The van der Waals surface area contributed by atoms with Crippen LogP contribution < -0.4 is 10.1 Å². The van der Waals surface area contributed by atoms with Crippen molar-refractivity contribution in [3.05, 3.63) is 30.3 Å². The number of rotatable bonds is 7. The highest BCUT2D eigenvalue weighted by Crippen LogP contribution is 2.18. The molecule has 1 fully saturated rings. The third kappa shape index (κ3) is 6.57. The number of hydrogen-bond donors (Lipinski definition) is 1. The highest BCUT2D eigenvalue weighted by molar-refractivity contribution is 7.91. The fourth-order valence-corrected chi connectivity index (χ4v) is 3.40. The number of piperidine rings is 1. The quantitative estimate of drug-likeness (QED) is 0.589. The number of nitrogens with zero attached hydrogens (tertiary/aromatic N) is 2. The summed E-state index contributed by atoms with van der Waals surface area (Å²) < 4.78 is 29.2. The van der Waals surface area contributed by atoms with Crippen LogP contribution in [-0.2, 0) is 9.84 Å². The Morgan fingerprint density at radius 1 is 1.24 bits per heavy atom. The van der Waals surface area contributed by atoms with Gasteiger partial charge in [0.2, 0.25) is 0 Å². The van der Waals surface area contributed by atoms with E-state index < -0.39 is 9.84 Å². The number of para-hydroxylation sites is 1. The molecule has 2 rings (SSSR count). The molecule has 7 heteroatoms. The van der Waals surface area contributed by atoms with Crippen molar-refractivity contribution >= 4 is 15.8 Å². The first kappa shape index (κ1) is 19.6. The molecule has 1 N–H and O–H groups in total. The monoisotopic (exact) mass is 367 g/mol. The molecule has 0 atom stereocenters. The van der Waals surface area contributed by atoms with E-state index in [2.05, 4.69) is 15.2 Å². The SMILES string of the molecule is CCNC(=NCCS(=O)(=O)CC)N1CCC(Oc2ccccc2)CC1. The van der Waals surface area contributed by atoms with E-state index in [1.165, 1.54) is 0 Å². The minimum absolute atomic E-state index is 0.103. The molecule has 140 valence electrons. The normalized spacial score (nSPS) is 16.7. The molecule has 25 heavy (non-hydrogen) atoms. The Morgan fingerprint density at radius 3 is 2.52 bits per heavy atom. The summed E-state index contributed by atoms with van der Waals surface area (Å²) in [6, 6.07) is 9.89. The van der Waals surface area contributed by atoms with E-state index in [1.54, 1.807) is 6.92 Å². The van der Waals surface area contributed by atoms with E-state index >= 15 is 0 Å². The predicted molar refractivity (Wildman–Crippen MR) is 102 cm³/mol. The number of likely N-dealkylation sites (tertiary alicyclic amines) is 1. The second-order valence-corrected chi connectivity index (χ2v) is 8.56. The van der Waals surface area contributed by atoms with Crippen molar-refractivity contribution in [1.29, 1.82) is 0 Å². The van der Waals surface area contributed by atoms with Crippen molar-refractivity contribution in [2.45, 2.75) is 32.8 Å². The predicted octanol–water partition coefficient (Wildman–Crippen LogP) is 1.93. The number of aliphatic imine (C=N–C) groups is 1. The standard InChI is InChI=1S/C18H29N3O3S/c1-3-19-18(20-12-15-25(22,23)4-2)21-13-10-17(11-14-21)24-16-8-6-5-7-9-16/h5-9,17H,3-4,10-15H2,1-2H3,(H,19,20). The van der Waals surface area contributed by atoms with Crippen molar-refractivity contribution in [3.8, 4) is 5.75 Å². The average molecular weight is 368 g/mol. The van der Waals surface area contributed by atoms with E-state index in [9.17, 15) is 8.42 Å². The van der Waals surface area contributed by atoms with Crippen molar-refractivity contribution < 1.29 is 13.2 Å². The Hall–Kier alpha value is -1.76. The lowest BCUT2D eigenvalue weighted by Gasteiger charge is -2.34. The van der Waals surface area contributed by atoms with Crippen molar-refractivity contribution in [2.24, 2.45) is 4.99 Å². The van der Waals surface area contributed by atoms with Gasteiger partial charge < -0.3 is 15.0 Å². The van der Waals surface area contributed by atoms with Crippen LogP contribution in [0.5, 0.6) is 5.75 Å². The van der Waals surface area contributed by atoms with Crippen LogP contribution in [0.4, 0.5) is 0 Å². The lowest BCUT2D eigenvalue weighted by Crippen LogP contribution is -2.47. The third-order valence-corrected chi connectivity index (χ3v) is 5.91. The largest absolute Gasteiger partial charge is 0.490 e. The van der Waals surface area contributed by atoms with Gasteiger partial charge >= 0.3 is 0 Å². The first-order valence-corrected chi connectivity index (χ1v) is 10.8. The van der Waals surface area contributed by atoms with E-state index in [1.807, 2.05) is 37.3 Å². The van der Waals surface area contributed by atoms with Crippen molar-refractivity contribution in [3.63, 3.8) is 0 Å². The van der Waals surface area contributed by atoms with Gasteiger partial charge in [0.1, 0.15) is 11.9 Å². The third-order valence-electron chi connectivity index (χ3n) is 4.23. The van der Waals surface area contributed by atoms with E-state index in [0.717, 1.165) is 44.2 Å². The summed E-state index contributed by atoms with van der Waals surface area (Å²) in [5.74, 6) is 1.98. The maximum Gasteiger partial charge on any atom is 0.193 e. The molecule has 1 heterocycles. The molecule has 0 unspecified atom stereocenters. The second kappa shape index (κ2) is 9.65. The molecule has 0 aromatic heterocycles. The lowest BCUT2D eigenvalue weighted by molar-refractivity contribution is 0.129. The number of hydrogen-bond acceptors (Lipinski definition) is 4. The zero-order chi connectivity index (χ0) is 18.1. The van der Waals surface area contributed by atoms with Gasteiger partial charge in [-0.3, -0.25) is 4.99 Å². The molecule has 0 radical (unpaired) electrons. The van der Waals surface area contributed by atoms with Gasteiger partial charge in [0.15, 0.2) is 15.8 Å². The fourth-order valence-electron chi connectivity index (χ4n) is 2.74.